The molecule has 0 saturated carbocycles. The molecule has 3 rings (SSSR count). The van der Waals surface area contributed by atoms with Gasteiger partial charge in [-0.2, -0.15) is 0 Å². The zero-order valence-electron chi connectivity index (χ0n) is 12.2. The average Bonchev–Trinajstić information content (AvgIpc) is 3.05. The van der Waals surface area contributed by atoms with Gasteiger partial charge in [0.1, 0.15) is 0 Å². The lowest BCUT2D eigenvalue weighted by Crippen LogP contribution is -2.12. The highest BCUT2D eigenvalue weighted by Crippen LogP contribution is 2.26. The summed E-state index contributed by atoms with van der Waals surface area (Å²) in [7, 11) is 0. The van der Waals surface area contributed by atoms with Gasteiger partial charge in [-0.05, 0) is 30.5 Å². The van der Waals surface area contributed by atoms with Crippen LogP contribution in [-0.4, -0.2) is 17.3 Å². The second-order valence-corrected chi connectivity index (χ2v) is 6.03. The summed E-state index contributed by atoms with van der Waals surface area (Å²) in [6.45, 7) is 0. The molecule has 0 aliphatic carbocycles. The first-order chi connectivity index (χ1) is 11.2. The molecule has 1 N–H and O–H groups in total. The molecule has 3 aromatic rings. The number of aromatic nitrogens is 1. The number of anilines is 1. The number of rotatable bonds is 4. The van der Waals surface area contributed by atoms with E-state index in [2.05, 4.69) is 10.5 Å². The number of nitrogens with one attached hydrogen (secondary N) is 1. The zero-order valence-corrected chi connectivity index (χ0v) is 13.8. The van der Waals surface area contributed by atoms with Crippen LogP contribution in [0, 0.1) is 0 Å². The molecule has 2 aromatic carbocycles. The molecule has 23 heavy (non-hydrogen) atoms. The van der Waals surface area contributed by atoms with E-state index in [1.165, 1.54) is 0 Å². The molecule has 0 aliphatic heterocycles. The molecule has 4 nitrogen and oxygen atoms in total. The highest BCUT2D eigenvalue weighted by Gasteiger charge is 2.15. The molecule has 1 aromatic heterocycles. The van der Waals surface area contributed by atoms with Crippen molar-refractivity contribution in [2.24, 2.45) is 0 Å². The molecule has 0 radical (unpaired) electrons. The third-order valence-corrected chi connectivity index (χ3v) is 4.24. The van der Waals surface area contributed by atoms with Gasteiger partial charge in [0.05, 0.1) is 5.69 Å². The van der Waals surface area contributed by atoms with Crippen molar-refractivity contribution in [2.75, 3.05) is 11.6 Å². The van der Waals surface area contributed by atoms with E-state index >= 15 is 0 Å². The van der Waals surface area contributed by atoms with Crippen molar-refractivity contribution >= 4 is 35.0 Å². The lowest BCUT2D eigenvalue weighted by Gasteiger charge is -2.07. The molecule has 116 valence electrons. The van der Waals surface area contributed by atoms with Crippen molar-refractivity contribution in [3.63, 3.8) is 0 Å². The maximum atomic E-state index is 12.3. The Hall–Kier alpha value is -2.24. The fourth-order valence-electron chi connectivity index (χ4n) is 2.09. The number of benzene rings is 2. The monoisotopic (exact) mass is 344 g/mol. The van der Waals surface area contributed by atoms with Crippen molar-refractivity contribution < 1.29 is 9.32 Å². The third kappa shape index (κ3) is 3.57. The maximum absolute atomic E-state index is 12.3. The number of hydrogen-bond acceptors (Lipinski definition) is 4. The predicted octanol–water partition coefficient (Wildman–Crippen LogP) is 4.97. The SMILES string of the molecule is CSc1ccccc1NC(=O)c1cc(-c2cccc(Cl)c2)on1. The second kappa shape index (κ2) is 6.89. The minimum Gasteiger partial charge on any atom is -0.355 e. The lowest BCUT2D eigenvalue weighted by atomic mass is 10.1. The Morgan fingerprint density at radius 1 is 1.17 bits per heavy atom. The van der Waals surface area contributed by atoms with E-state index in [9.17, 15) is 4.79 Å². The molecule has 1 heterocycles. The van der Waals surface area contributed by atoms with E-state index < -0.39 is 0 Å². The molecule has 0 aliphatic rings. The van der Waals surface area contributed by atoms with E-state index in [1.54, 1.807) is 30.0 Å². The van der Waals surface area contributed by atoms with Crippen molar-refractivity contribution in [1.29, 1.82) is 0 Å². The Morgan fingerprint density at radius 2 is 2.00 bits per heavy atom. The van der Waals surface area contributed by atoms with E-state index in [0.29, 0.717) is 10.8 Å². The summed E-state index contributed by atoms with van der Waals surface area (Å²) < 4.78 is 5.25. The standard InChI is InChI=1S/C17H13ClN2O2S/c1-23-16-8-3-2-7-13(16)19-17(21)14-10-15(22-20-14)11-5-4-6-12(18)9-11/h2-10H,1H3,(H,19,21). The Labute approximate surface area is 142 Å². The molecule has 0 fully saturated rings. The van der Waals surface area contributed by atoms with E-state index in [-0.39, 0.29) is 11.6 Å². The Bertz CT molecular complexity index is 848. The number of thioether (sulfide) groups is 1. The van der Waals surface area contributed by atoms with Gasteiger partial charge in [0, 0.05) is 21.5 Å². The highest BCUT2D eigenvalue weighted by molar-refractivity contribution is 7.98. The molecule has 0 atom stereocenters. The predicted molar refractivity (Wildman–Crippen MR) is 93.1 cm³/mol. The van der Waals surface area contributed by atoms with Gasteiger partial charge >= 0.3 is 0 Å². The number of para-hydroxylation sites is 1. The van der Waals surface area contributed by atoms with E-state index in [1.807, 2.05) is 42.7 Å². The topological polar surface area (TPSA) is 55.1 Å². The third-order valence-electron chi connectivity index (χ3n) is 3.21. The maximum Gasteiger partial charge on any atom is 0.277 e. The summed E-state index contributed by atoms with van der Waals surface area (Å²) in [6.07, 6.45) is 1.96. The summed E-state index contributed by atoms with van der Waals surface area (Å²) in [5.74, 6) is 0.180. The average molecular weight is 345 g/mol. The fourth-order valence-corrected chi connectivity index (χ4v) is 2.84. The van der Waals surface area contributed by atoms with Crippen LogP contribution in [0.4, 0.5) is 5.69 Å². The fraction of sp³-hybridized carbons (Fsp3) is 0.0588. The van der Waals surface area contributed by atoms with Crippen molar-refractivity contribution in [3.05, 3.63) is 65.3 Å². The smallest absolute Gasteiger partial charge is 0.277 e. The molecule has 0 spiro atoms. The van der Waals surface area contributed by atoms with Crippen LogP contribution >= 0.6 is 23.4 Å². The van der Waals surface area contributed by atoms with Crippen molar-refractivity contribution in [1.82, 2.24) is 5.16 Å². The Morgan fingerprint density at radius 3 is 2.78 bits per heavy atom. The molecular formula is C17H13ClN2O2S. The molecule has 0 unspecified atom stereocenters. The van der Waals surface area contributed by atoms with Crippen LogP contribution in [0.5, 0.6) is 0 Å². The number of carbonyl (C=O) groups is 1. The number of amides is 1. The van der Waals surface area contributed by atoms with Gasteiger partial charge in [0.2, 0.25) is 0 Å². The van der Waals surface area contributed by atoms with Crippen LogP contribution in [0.2, 0.25) is 5.02 Å². The van der Waals surface area contributed by atoms with Crippen molar-refractivity contribution in [2.45, 2.75) is 4.90 Å². The number of nitrogens with zero attached hydrogens (tertiary/aromatic N) is 1. The Kier molecular flexibility index (Phi) is 4.69. The van der Waals surface area contributed by atoms with Gasteiger partial charge in [-0.1, -0.05) is 41.0 Å². The first kappa shape index (κ1) is 15.6. The van der Waals surface area contributed by atoms with Gasteiger partial charge in [-0.15, -0.1) is 11.8 Å². The van der Waals surface area contributed by atoms with Gasteiger partial charge in [0.15, 0.2) is 11.5 Å². The molecule has 1 amide bonds. The van der Waals surface area contributed by atoms with Crippen LogP contribution in [0.25, 0.3) is 11.3 Å². The van der Waals surface area contributed by atoms with Crippen LogP contribution in [-0.2, 0) is 0 Å². The number of halogens is 1. The van der Waals surface area contributed by atoms with Crippen LogP contribution < -0.4 is 5.32 Å². The van der Waals surface area contributed by atoms with E-state index in [4.69, 9.17) is 16.1 Å². The zero-order chi connectivity index (χ0) is 16.2. The van der Waals surface area contributed by atoms with Gasteiger partial charge in [-0.3, -0.25) is 4.79 Å². The first-order valence-electron chi connectivity index (χ1n) is 6.84. The van der Waals surface area contributed by atoms with Gasteiger partial charge in [-0.25, -0.2) is 0 Å². The van der Waals surface area contributed by atoms with Gasteiger partial charge in [0.25, 0.3) is 5.91 Å². The summed E-state index contributed by atoms with van der Waals surface area (Å²) in [5, 5.41) is 7.28. The van der Waals surface area contributed by atoms with Crippen molar-refractivity contribution in [3.8, 4) is 11.3 Å². The number of carbonyl (C=O) groups excluding carboxylic acids is 1. The van der Waals surface area contributed by atoms with Gasteiger partial charge < -0.3 is 9.84 Å². The first-order valence-corrected chi connectivity index (χ1v) is 8.44. The van der Waals surface area contributed by atoms with Crippen LogP contribution in [0.15, 0.2) is 64.0 Å². The molecule has 0 saturated heterocycles. The summed E-state index contributed by atoms with van der Waals surface area (Å²) in [5.41, 5.74) is 1.74. The summed E-state index contributed by atoms with van der Waals surface area (Å²) >= 11 is 7.52. The molecule has 0 bridgehead atoms. The highest BCUT2D eigenvalue weighted by atomic mass is 35.5. The molecule has 6 heteroatoms. The van der Waals surface area contributed by atoms with Crippen LogP contribution in [0.1, 0.15) is 10.5 Å². The Balaban J connectivity index is 1.81. The summed E-state index contributed by atoms with van der Waals surface area (Å²) in [6, 6.07) is 16.4. The lowest BCUT2D eigenvalue weighted by molar-refractivity contribution is 0.101. The molecular weight excluding hydrogens is 332 g/mol. The summed E-state index contributed by atoms with van der Waals surface area (Å²) in [4.78, 5) is 13.3. The van der Waals surface area contributed by atoms with E-state index in [0.717, 1.165) is 16.1 Å². The second-order valence-electron chi connectivity index (χ2n) is 4.74. The minimum absolute atomic E-state index is 0.218. The van der Waals surface area contributed by atoms with Crippen LogP contribution in [0.3, 0.4) is 0 Å². The largest absolute Gasteiger partial charge is 0.355 e. The normalized spacial score (nSPS) is 10.5. The minimum atomic E-state index is -0.316. The quantitative estimate of drug-likeness (QED) is 0.679. The number of hydrogen-bond donors (Lipinski definition) is 1.